The zero-order chi connectivity index (χ0) is 13.9. The fourth-order valence-electron chi connectivity index (χ4n) is 1.47. The van der Waals surface area contributed by atoms with E-state index in [-0.39, 0.29) is 35.1 Å². The molecule has 1 aromatic carbocycles. The maximum absolute atomic E-state index is 12.0. The molecule has 0 unspecified atom stereocenters. The SMILES string of the molecule is Cc1c([N+](=O)[O-])cccc1S(=O)(=O)N[C@@H](C)CN.Cl. The molecule has 0 aliphatic heterocycles. The van der Waals surface area contributed by atoms with Crippen molar-refractivity contribution in [2.75, 3.05) is 6.54 Å². The lowest BCUT2D eigenvalue weighted by molar-refractivity contribution is -0.385. The minimum Gasteiger partial charge on any atom is -0.329 e. The van der Waals surface area contributed by atoms with E-state index in [0.717, 1.165) is 0 Å². The first kappa shape index (κ1) is 17.8. The number of benzene rings is 1. The largest absolute Gasteiger partial charge is 0.329 e. The summed E-state index contributed by atoms with van der Waals surface area (Å²) in [6.07, 6.45) is 0. The molecule has 0 saturated carbocycles. The van der Waals surface area contributed by atoms with Crippen molar-refractivity contribution in [2.24, 2.45) is 5.73 Å². The average Bonchev–Trinajstić information content (AvgIpc) is 2.27. The molecule has 0 spiro atoms. The van der Waals surface area contributed by atoms with Crippen LogP contribution in [-0.4, -0.2) is 25.9 Å². The van der Waals surface area contributed by atoms with E-state index in [1.807, 2.05) is 0 Å². The second-order valence-corrected chi connectivity index (χ2v) is 5.60. The third-order valence-electron chi connectivity index (χ3n) is 2.45. The van der Waals surface area contributed by atoms with Gasteiger partial charge in [0.25, 0.3) is 5.69 Å². The smallest absolute Gasteiger partial charge is 0.273 e. The number of hydrogen-bond donors (Lipinski definition) is 2. The Morgan fingerprint density at radius 2 is 2.05 bits per heavy atom. The Labute approximate surface area is 117 Å². The van der Waals surface area contributed by atoms with Gasteiger partial charge in [-0.25, -0.2) is 13.1 Å². The van der Waals surface area contributed by atoms with E-state index in [4.69, 9.17) is 5.73 Å². The highest BCUT2D eigenvalue weighted by molar-refractivity contribution is 7.89. The van der Waals surface area contributed by atoms with Gasteiger partial charge in [0.2, 0.25) is 10.0 Å². The van der Waals surface area contributed by atoms with Crippen molar-refractivity contribution in [3.8, 4) is 0 Å². The first-order valence-electron chi connectivity index (χ1n) is 5.26. The predicted octanol–water partition coefficient (Wildman–Crippen LogP) is 0.951. The van der Waals surface area contributed by atoms with Crippen LogP contribution in [0.25, 0.3) is 0 Å². The van der Waals surface area contributed by atoms with E-state index < -0.39 is 21.0 Å². The standard InChI is InChI=1S/C10H15N3O4S.ClH/c1-7(6-11)12-18(16,17)10-5-3-4-9(8(10)2)13(14)15;/h3-5,7,12H,6,11H2,1-2H3;1H/t7-;/m0./s1. The van der Waals surface area contributed by atoms with Crippen molar-refractivity contribution in [3.05, 3.63) is 33.9 Å². The molecule has 7 nitrogen and oxygen atoms in total. The fourth-order valence-corrected chi connectivity index (χ4v) is 2.99. The van der Waals surface area contributed by atoms with E-state index >= 15 is 0 Å². The molecule has 1 aromatic rings. The summed E-state index contributed by atoms with van der Waals surface area (Å²) in [6.45, 7) is 3.16. The lowest BCUT2D eigenvalue weighted by atomic mass is 10.2. The molecule has 108 valence electrons. The number of nitrogens with two attached hydrogens (primary N) is 1. The van der Waals surface area contributed by atoms with Gasteiger partial charge in [-0.15, -0.1) is 12.4 Å². The maximum Gasteiger partial charge on any atom is 0.273 e. The molecule has 19 heavy (non-hydrogen) atoms. The molecule has 0 saturated heterocycles. The molecule has 0 radical (unpaired) electrons. The van der Waals surface area contributed by atoms with Gasteiger partial charge in [-0.1, -0.05) is 6.07 Å². The zero-order valence-corrected chi connectivity index (χ0v) is 12.1. The Balaban J connectivity index is 0.00000324. The monoisotopic (exact) mass is 309 g/mol. The van der Waals surface area contributed by atoms with Gasteiger partial charge in [0.15, 0.2) is 0 Å². The number of nitro benzene ring substituents is 1. The molecule has 9 heteroatoms. The number of nitrogens with one attached hydrogen (secondary N) is 1. The number of hydrogen-bond acceptors (Lipinski definition) is 5. The van der Waals surface area contributed by atoms with Crippen LogP contribution in [0.2, 0.25) is 0 Å². The highest BCUT2D eigenvalue weighted by Crippen LogP contribution is 2.24. The van der Waals surface area contributed by atoms with E-state index in [2.05, 4.69) is 4.72 Å². The molecule has 0 aromatic heterocycles. The zero-order valence-electron chi connectivity index (χ0n) is 10.5. The summed E-state index contributed by atoms with van der Waals surface area (Å²) < 4.78 is 26.4. The minimum absolute atomic E-state index is 0. The average molecular weight is 310 g/mol. The summed E-state index contributed by atoms with van der Waals surface area (Å²) in [4.78, 5) is 10.0. The van der Waals surface area contributed by atoms with Crippen LogP contribution in [0.1, 0.15) is 12.5 Å². The third kappa shape index (κ3) is 4.13. The normalized spacial score (nSPS) is 12.6. The second-order valence-electron chi connectivity index (χ2n) is 3.92. The first-order valence-corrected chi connectivity index (χ1v) is 6.74. The Bertz CT molecular complexity index is 562. The van der Waals surface area contributed by atoms with E-state index in [0.29, 0.717) is 0 Å². The van der Waals surface area contributed by atoms with E-state index in [9.17, 15) is 18.5 Å². The fraction of sp³-hybridized carbons (Fsp3) is 0.400. The van der Waals surface area contributed by atoms with Crippen LogP contribution >= 0.6 is 12.4 Å². The highest BCUT2D eigenvalue weighted by atomic mass is 35.5. The van der Waals surface area contributed by atoms with Crippen LogP contribution in [0.15, 0.2) is 23.1 Å². The summed E-state index contributed by atoms with van der Waals surface area (Å²) in [7, 11) is -3.79. The molecule has 3 N–H and O–H groups in total. The third-order valence-corrected chi connectivity index (χ3v) is 4.19. The molecule has 0 bridgehead atoms. The summed E-state index contributed by atoms with van der Waals surface area (Å²) in [5.41, 5.74) is 5.22. The van der Waals surface area contributed by atoms with Gasteiger partial charge in [-0.05, 0) is 19.9 Å². The van der Waals surface area contributed by atoms with Crippen LogP contribution in [0.5, 0.6) is 0 Å². The van der Waals surface area contributed by atoms with E-state index in [1.165, 1.54) is 25.1 Å². The topological polar surface area (TPSA) is 115 Å². The lowest BCUT2D eigenvalue weighted by Gasteiger charge is -2.13. The van der Waals surface area contributed by atoms with Crippen molar-refractivity contribution in [2.45, 2.75) is 24.8 Å². The summed E-state index contributed by atoms with van der Waals surface area (Å²) in [5.74, 6) is 0. The predicted molar refractivity (Wildman–Crippen MR) is 73.9 cm³/mol. The summed E-state index contributed by atoms with van der Waals surface area (Å²) >= 11 is 0. The Kier molecular flexibility index (Phi) is 6.37. The maximum atomic E-state index is 12.0. The van der Waals surface area contributed by atoms with Crippen LogP contribution in [0.3, 0.4) is 0 Å². The van der Waals surface area contributed by atoms with Gasteiger partial charge >= 0.3 is 0 Å². The Morgan fingerprint density at radius 1 is 1.47 bits per heavy atom. The van der Waals surface area contributed by atoms with Gasteiger partial charge in [0, 0.05) is 24.2 Å². The van der Waals surface area contributed by atoms with Crippen molar-refractivity contribution >= 4 is 28.1 Å². The van der Waals surface area contributed by atoms with E-state index in [1.54, 1.807) is 6.92 Å². The first-order chi connectivity index (χ1) is 8.29. The Hall–Kier alpha value is -1.22. The molecular weight excluding hydrogens is 294 g/mol. The molecule has 0 aliphatic carbocycles. The minimum atomic E-state index is -3.79. The van der Waals surface area contributed by atoms with Gasteiger partial charge in [-0.3, -0.25) is 10.1 Å². The number of rotatable bonds is 5. The molecule has 1 atom stereocenters. The van der Waals surface area contributed by atoms with Crippen LogP contribution < -0.4 is 10.5 Å². The van der Waals surface area contributed by atoms with Crippen LogP contribution in [0.4, 0.5) is 5.69 Å². The van der Waals surface area contributed by atoms with Crippen LogP contribution in [0, 0.1) is 17.0 Å². The molecule has 0 amide bonds. The van der Waals surface area contributed by atoms with Crippen molar-refractivity contribution in [3.63, 3.8) is 0 Å². The number of nitrogens with zero attached hydrogens (tertiary/aromatic N) is 1. The van der Waals surface area contributed by atoms with Crippen molar-refractivity contribution in [1.29, 1.82) is 0 Å². The Morgan fingerprint density at radius 3 is 2.53 bits per heavy atom. The lowest BCUT2D eigenvalue weighted by Crippen LogP contribution is -2.38. The van der Waals surface area contributed by atoms with Gasteiger partial charge < -0.3 is 5.73 Å². The molecule has 0 heterocycles. The number of sulfonamides is 1. The van der Waals surface area contributed by atoms with Crippen molar-refractivity contribution < 1.29 is 13.3 Å². The summed E-state index contributed by atoms with van der Waals surface area (Å²) in [5, 5.41) is 10.7. The quantitative estimate of drug-likeness (QED) is 0.620. The van der Waals surface area contributed by atoms with Gasteiger partial charge in [0.05, 0.1) is 9.82 Å². The van der Waals surface area contributed by atoms with Crippen molar-refractivity contribution in [1.82, 2.24) is 4.72 Å². The van der Waals surface area contributed by atoms with Crippen LogP contribution in [-0.2, 0) is 10.0 Å². The molecule has 1 rings (SSSR count). The molecular formula is C10H16ClN3O4S. The number of halogens is 1. The highest BCUT2D eigenvalue weighted by Gasteiger charge is 2.23. The van der Waals surface area contributed by atoms with Gasteiger partial charge in [-0.2, -0.15) is 0 Å². The molecule has 0 fully saturated rings. The second kappa shape index (κ2) is 6.80. The summed E-state index contributed by atoms with van der Waals surface area (Å²) in [6, 6.07) is 3.50. The molecule has 0 aliphatic rings. The number of nitro groups is 1. The van der Waals surface area contributed by atoms with Gasteiger partial charge in [0.1, 0.15) is 0 Å².